The van der Waals surface area contributed by atoms with Crippen LogP contribution in [0.25, 0.3) is 0 Å². The summed E-state index contributed by atoms with van der Waals surface area (Å²) in [4.78, 5) is 17.1. The highest BCUT2D eigenvalue weighted by Gasteiger charge is 2.28. The molecule has 2 rings (SSSR count). The van der Waals surface area contributed by atoms with Crippen molar-refractivity contribution in [1.82, 2.24) is 20.4 Å². The number of aromatic nitrogens is 2. The van der Waals surface area contributed by atoms with Crippen LogP contribution in [0.3, 0.4) is 0 Å². The van der Waals surface area contributed by atoms with Crippen molar-refractivity contribution >= 4 is 11.7 Å². The van der Waals surface area contributed by atoms with E-state index in [1.807, 2.05) is 31.0 Å². The summed E-state index contributed by atoms with van der Waals surface area (Å²) in [6.07, 6.45) is 1.79. The molecule has 2 heterocycles. The van der Waals surface area contributed by atoms with E-state index < -0.39 is 0 Å². The highest BCUT2D eigenvalue weighted by Crippen LogP contribution is 2.22. The summed E-state index contributed by atoms with van der Waals surface area (Å²) in [5, 5.41) is 11.6. The van der Waals surface area contributed by atoms with Gasteiger partial charge in [0.25, 0.3) is 0 Å². The monoisotopic (exact) mass is 333 g/mol. The Morgan fingerprint density at radius 1 is 1.21 bits per heavy atom. The molecule has 0 aliphatic carbocycles. The number of rotatable bonds is 4. The lowest BCUT2D eigenvalue weighted by Crippen LogP contribution is -2.48. The van der Waals surface area contributed by atoms with E-state index in [-0.39, 0.29) is 17.4 Å². The average molecular weight is 333 g/mol. The predicted molar refractivity (Wildman–Crippen MR) is 97.1 cm³/mol. The fraction of sp³-hybridized carbons (Fsp3) is 0.722. The Labute approximate surface area is 145 Å². The van der Waals surface area contributed by atoms with Crippen molar-refractivity contribution < 1.29 is 4.79 Å². The first-order chi connectivity index (χ1) is 11.3. The molecule has 1 aromatic rings. The van der Waals surface area contributed by atoms with E-state index in [9.17, 15) is 4.79 Å². The van der Waals surface area contributed by atoms with Crippen molar-refractivity contribution in [2.24, 2.45) is 5.41 Å². The van der Waals surface area contributed by atoms with E-state index in [1.54, 1.807) is 0 Å². The summed E-state index contributed by atoms with van der Waals surface area (Å²) in [6.45, 7) is 11.7. The maximum atomic E-state index is 12.9. The number of carbonyl (C=O) groups is 1. The zero-order chi connectivity index (χ0) is 17.7. The number of amides is 1. The van der Waals surface area contributed by atoms with E-state index in [0.717, 1.165) is 50.5 Å². The number of carbonyl (C=O) groups excluding carboxylic acids is 1. The lowest BCUT2D eigenvalue weighted by Gasteiger charge is -2.30. The van der Waals surface area contributed by atoms with Gasteiger partial charge in [0.2, 0.25) is 5.91 Å². The molecule has 1 aliphatic rings. The van der Waals surface area contributed by atoms with Crippen LogP contribution in [0.15, 0.2) is 12.1 Å². The van der Waals surface area contributed by atoms with Crippen LogP contribution in [-0.4, -0.2) is 60.3 Å². The van der Waals surface area contributed by atoms with Crippen LogP contribution < -0.4 is 10.2 Å². The molecule has 6 heteroatoms. The number of nitrogens with zero attached hydrogens (tertiary/aromatic N) is 4. The van der Waals surface area contributed by atoms with Crippen LogP contribution >= 0.6 is 0 Å². The minimum atomic E-state index is -0.115. The first-order valence-electron chi connectivity index (χ1n) is 8.81. The molecular formula is C18H31N5O. The van der Waals surface area contributed by atoms with Gasteiger partial charge in [0.15, 0.2) is 5.82 Å². The smallest absolute Gasteiger partial charge is 0.239 e. The molecule has 1 N–H and O–H groups in total. The molecule has 1 amide bonds. The number of anilines is 1. The second-order valence-corrected chi connectivity index (χ2v) is 7.80. The zero-order valence-corrected chi connectivity index (χ0v) is 15.7. The molecule has 1 saturated heterocycles. The van der Waals surface area contributed by atoms with Gasteiger partial charge in [-0.25, -0.2) is 0 Å². The van der Waals surface area contributed by atoms with Crippen molar-refractivity contribution in [2.45, 2.75) is 46.6 Å². The fourth-order valence-electron chi connectivity index (χ4n) is 3.07. The molecule has 1 unspecified atom stereocenters. The quantitative estimate of drug-likeness (QED) is 0.911. The highest BCUT2D eigenvalue weighted by molar-refractivity contribution is 5.82. The van der Waals surface area contributed by atoms with Gasteiger partial charge < -0.3 is 15.1 Å². The number of aryl methyl sites for hydroxylation is 1. The maximum Gasteiger partial charge on any atom is 0.239 e. The Kier molecular flexibility index (Phi) is 6.15. The molecular weight excluding hydrogens is 302 g/mol. The van der Waals surface area contributed by atoms with Gasteiger partial charge in [0.05, 0.1) is 11.7 Å². The van der Waals surface area contributed by atoms with Gasteiger partial charge in [0, 0.05) is 26.2 Å². The molecule has 24 heavy (non-hydrogen) atoms. The molecule has 1 fully saturated rings. The molecule has 0 spiro atoms. The van der Waals surface area contributed by atoms with Crippen molar-refractivity contribution in [3.63, 3.8) is 0 Å². The maximum absolute atomic E-state index is 12.9. The molecule has 0 bridgehead atoms. The Balaban J connectivity index is 1.99. The number of hydrogen-bond donors (Lipinski definition) is 1. The van der Waals surface area contributed by atoms with Crippen molar-refractivity contribution in [3.8, 4) is 0 Å². The normalized spacial score (nSPS) is 17.5. The zero-order valence-electron chi connectivity index (χ0n) is 15.7. The third-order valence-corrected chi connectivity index (χ3v) is 4.38. The van der Waals surface area contributed by atoms with Gasteiger partial charge in [-0.15, -0.1) is 5.10 Å². The topological polar surface area (TPSA) is 61.4 Å². The second kappa shape index (κ2) is 7.92. The van der Waals surface area contributed by atoms with E-state index >= 15 is 0 Å². The number of likely N-dealkylation sites (N-methyl/N-ethyl adjacent to an activating group) is 1. The van der Waals surface area contributed by atoms with E-state index in [0.29, 0.717) is 0 Å². The molecule has 0 saturated carbocycles. The van der Waals surface area contributed by atoms with Crippen LogP contribution in [0.2, 0.25) is 0 Å². The van der Waals surface area contributed by atoms with Gasteiger partial charge >= 0.3 is 0 Å². The minimum Gasteiger partial charge on any atom is -0.353 e. The van der Waals surface area contributed by atoms with Crippen LogP contribution in [0.1, 0.15) is 39.3 Å². The lowest BCUT2D eigenvalue weighted by atomic mass is 9.87. The molecule has 134 valence electrons. The fourth-order valence-corrected chi connectivity index (χ4v) is 3.07. The van der Waals surface area contributed by atoms with Gasteiger partial charge in [-0.1, -0.05) is 20.8 Å². The van der Waals surface area contributed by atoms with Gasteiger partial charge in [-0.2, -0.15) is 5.10 Å². The van der Waals surface area contributed by atoms with Gasteiger partial charge in [0.1, 0.15) is 0 Å². The third kappa shape index (κ3) is 5.16. The lowest BCUT2D eigenvalue weighted by molar-refractivity contribution is -0.133. The van der Waals surface area contributed by atoms with Crippen LogP contribution in [-0.2, 0) is 4.79 Å². The van der Waals surface area contributed by atoms with E-state index in [4.69, 9.17) is 0 Å². The Hall–Kier alpha value is -1.69. The van der Waals surface area contributed by atoms with Gasteiger partial charge in [-0.3, -0.25) is 4.79 Å². The first-order valence-corrected chi connectivity index (χ1v) is 8.81. The molecule has 1 aromatic heterocycles. The summed E-state index contributed by atoms with van der Waals surface area (Å²) >= 11 is 0. The number of nitrogens with one attached hydrogen (secondary N) is 1. The SMILES string of the molecule is CNC(CC(C)(C)C)C(=O)N1CCCN(c2ccc(C)nn2)CC1. The highest BCUT2D eigenvalue weighted by atomic mass is 16.2. The summed E-state index contributed by atoms with van der Waals surface area (Å²) < 4.78 is 0. The van der Waals surface area contributed by atoms with E-state index in [1.165, 1.54) is 0 Å². The Morgan fingerprint density at radius 2 is 1.96 bits per heavy atom. The standard InChI is InChI=1S/C18H31N5O/c1-14-7-8-16(21-20-14)22-9-6-10-23(12-11-22)17(24)15(19-5)13-18(2,3)4/h7-8,15,19H,6,9-13H2,1-5H3. The summed E-state index contributed by atoms with van der Waals surface area (Å²) in [7, 11) is 1.88. The summed E-state index contributed by atoms with van der Waals surface area (Å²) in [5.41, 5.74) is 1.04. The second-order valence-electron chi connectivity index (χ2n) is 7.80. The molecule has 6 nitrogen and oxygen atoms in total. The molecule has 1 atom stereocenters. The van der Waals surface area contributed by atoms with Crippen LogP contribution in [0.5, 0.6) is 0 Å². The van der Waals surface area contributed by atoms with Crippen LogP contribution in [0, 0.1) is 12.3 Å². The Morgan fingerprint density at radius 3 is 2.54 bits per heavy atom. The van der Waals surface area contributed by atoms with Crippen LogP contribution in [0.4, 0.5) is 5.82 Å². The van der Waals surface area contributed by atoms with Crippen molar-refractivity contribution in [3.05, 3.63) is 17.8 Å². The van der Waals surface area contributed by atoms with Crippen molar-refractivity contribution in [1.29, 1.82) is 0 Å². The number of hydrogen-bond acceptors (Lipinski definition) is 5. The summed E-state index contributed by atoms with van der Waals surface area (Å²) in [6, 6.07) is 3.88. The summed E-state index contributed by atoms with van der Waals surface area (Å²) in [5.74, 6) is 1.11. The molecule has 0 radical (unpaired) electrons. The Bertz CT molecular complexity index is 537. The molecule has 0 aromatic carbocycles. The minimum absolute atomic E-state index is 0.115. The average Bonchev–Trinajstić information content (AvgIpc) is 2.78. The first kappa shape index (κ1) is 18.6. The van der Waals surface area contributed by atoms with Gasteiger partial charge in [-0.05, 0) is 44.4 Å². The molecule has 1 aliphatic heterocycles. The van der Waals surface area contributed by atoms with Crippen molar-refractivity contribution in [2.75, 3.05) is 38.1 Å². The largest absolute Gasteiger partial charge is 0.353 e. The predicted octanol–water partition coefficient (Wildman–Crippen LogP) is 1.85. The van der Waals surface area contributed by atoms with E-state index in [2.05, 4.69) is 41.2 Å². The third-order valence-electron chi connectivity index (χ3n) is 4.38.